The van der Waals surface area contributed by atoms with Crippen molar-refractivity contribution in [3.8, 4) is 11.5 Å². The lowest BCUT2D eigenvalue weighted by atomic mass is 10.0. The van der Waals surface area contributed by atoms with Gasteiger partial charge in [-0.3, -0.25) is 0 Å². The predicted octanol–water partition coefficient (Wildman–Crippen LogP) is 2.76. The van der Waals surface area contributed by atoms with E-state index in [2.05, 4.69) is 0 Å². The third-order valence-corrected chi connectivity index (χ3v) is 3.57. The van der Waals surface area contributed by atoms with Crippen LogP contribution in [-0.4, -0.2) is 24.6 Å². The second-order valence-electron chi connectivity index (χ2n) is 4.96. The molecule has 0 atom stereocenters. The summed E-state index contributed by atoms with van der Waals surface area (Å²) in [5.74, 6) is 1.45. The van der Waals surface area contributed by atoms with E-state index in [4.69, 9.17) is 9.47 Å². The van der Waals surface area contributed by atoms with Gasteiger partial charge in [0.1, 0.15) is 6.61 Å². The highest BCUT2D eigenvalue weighted by Crippen LogP contribution is 2.35. The van der Waals surface area contributed by atoms with Gasteiger partial charge in [0.25, 0.3) is 0 Å². The minimum atomic E-state index is 0.446. The average Bonchev–Trinajstić information content (AvgIpc) is 2.53. The van der Waals surface area contributed by atoms with Crippen molar-refractivity contribution in [3.63, 3.8) is 0 Å². The van der Waals surface area contributed by atoms with Crippen LogP contribution in [0.15, 0.2) is 42.5 Å². The first kappa shape index (κ1) is 13.5. The van der Waals surface area contributed by atoms with Gasteiger partial charge in [0.15, 0.2) is 24.3 Å². The average molecular weight is 283 g/mol. The fourth-order valence-corrected chi connectivity index (χ4v) is 2.49. The van der Waals surface area contributed by atoms with Crippen molar-refractivity contribution in [3.05, 3.63) is 64.4 Å². The number of hydroxylamine groups is 1. The van der Waals surface area contributed by atoms with Crippen molar-refractivity contribution in [1.29, 1.82) is 0 Å². The van der Waals surface area contributed by atoms with Gasteiger partial charge >= 0.3 is 0 Å². The molecule has 1 aliphatic heterocycles. The molecular formula is C17H17NO3. The molecular weight excluding hydrogens is 266 g/mol. The number of ether oxygens (including phenoxy) is 2. The van der Waals surface area contributed by atoms with Gasteiger partial charge in [0, 0.05) is 17.5 Å². The number of methoxy groups -OCH3 is 1. The van der Waals surface area contributed by atoms with Gasteiger partial charge in [0.2, 0.25) is 0 Å². The molecule has 0 bridgehead atoms. The molecule has 3 rings (SSSR count). The van der Waals surface area contributed by atoms with Gasteiger partial charge in [-0.05, 0) is 17.7 Å². The molecule has 2 aromatic rings. The van der Waals surface area contributed by atoms with E-state index in [1.165, 1.54) is 0 Å². The second-order valence-corrected chi connectivity index (χ2v) is 4.96. The van der Waals surface area contributed by atoms with Crippen molar-refractivity contribution in [2.45, 2.75) is 13.0 Å². The molecule has 1 aliphatic rings. The van der Waals surface area contributed by atoms with Crippen LogP contribution in [0, 0.1) is 5.21 Å². The zero-order chi connectivity index (χ0) is 14.7. The molecule has 0 spiro atoms. The largest absolute Gasteiger partial charge is 0.624 e. The van der Waals surface area contributed by atoms with Crippen molar-refractivity contribution < 1.29 is 14.2 Å². The first-order chi connectivity index (χ1) is 10.3. The maximum atomic E-state index is 11.5. The van der Waals surface area contributed by atoms with Gasteiger partial charge in [0.05, 0.1) is 7.11 Å². The third-order valence-electron chi connectivity index (χ3n) is 3.57. The summed E-state index contributed by atoms with van der Waals surface area (Å²) >= 11 is 0. The first-order valence-electron chi connectivity index (χ1n) is 6.93. The van der Waals surface area contributed by atoms with Crippen molar-refractivity contribution in [2.24, 2.45) is 0 Å². The minimum absolute atomic E-state index is 0.446. The van der Waals surface area contributed by atoms with Crippen LogP contribution in [0.25, 0.3) is 0 Å². The van der Waals surface area contributed by atoms with E-state index >= 15 is 0 Å². The Morgan fingerprint density at radius 2 is 1.95 bits per heavy atom. The number of hydrogen-bond donors (Lipinski definition) is 0. The van der Waals surface area contributed by atoms with Crippen LogP contribution in [0.5, 0.6) is 11.5 Å². The number of rotatable bonds is 4. The molecule has 0 amide bonds. The van der Waals surface area contributed by atoms with Gasteiger partial charge < -0.3 is 14.7 Å². The quantitative estimate of drug-likeness (QED) is 0.640. The van der Waals surface area contributed by atoms with Crippen molar-refractivity contribution in [2.75, 3.05) is 13.7 Å². The highest BCUT2D eigenvalue weighted by molar-refractivity contribution is 5.81. The number of nitrogens with zero attached hydrogens (tertiary/aromatic N) is 1. The van der Waals surface area contributed by atoms with Crippen LogP contribution in [0.4, 0.5) is 0 Å². The highest BCUT2D eigenvalue weighted by atomic mass is 16.5. The Kier molecular flexibility index (Phi) is 3.77. The fourth-order valence-electron chi connectivity index (χ4n) is 2.49. The number of fused-ring (bicyclic) bond motifs is 1. The van der Waals surface area contributed by atoms with Crippen LogP contribution >= 0.6 is 0 Å². The Balaban J connectivity index is 1.91. The molecule has 2 aromatic carbocycles. The third kappa shape index (κ3) is 2.84. The highest BCUT2D eigenvalue weighted by Gasteiger charge is 2.20. The van der Waals surface area contributed by atoms with E-state index < -0.39 is 0 Å². The molecule has 0 aliphatic carbocycles. The SMILES string of the molecule is COc1ccc2c(c1OCc1ccccc1)CC[N+]([O-])=C2. The molecule has 0 radical (unpaired) electrons. The standard InChI is InChI=1S/C17H17NO3/c1-20-16-8-7-14-11-18(19)10-9-15(14)17(16)21-12-13-5-3-2-4-6-13/h2-8,11H,9-10,12H2,1H3. The number of hydrogen-bond acceptors (Lipinski definition) is 3. The van der Waals surface area contributed by atoms with E-state index in [0.717, 1.165) is 27.2 Å². The van der Waals surface area contributed by atoms with Crippen molar-refractivity contribution in [1.82, 2.24) is 0 Å². The molecule has 0 aromatic heterocycles. The summed E-state index contributed by atoms with van der Waals surface area (Å²) in [6.45, 7) is 0.927. The maximum Gasteiger partial charge on any atom is 0.182 e. The molecule has 0 saturated heterocycles. The van der Waals surface area contributed by atoms with E-state index in [1.807, 2.05) is 42.5 Å². The van der Waals surface area contributed by atoms with Crippen LogP contribution in [0.1, 0.15) is 16.7 Å². The van der Waals surface area contributed by atoms with Gasteiger partial charge in [-0.2, -0.15) is 0 Å². The van der Waals surface area contributed by atoms with Crippen LogP contribution in [0.2, 0.25) is 0 Å². The molecule has 21 heavy (non-hydrogen) atoms. The van der Waals surface area contributed by atoms with Gasteiger partial charge in [-0.15, -0.1) is 0 Å². The molecule has 0 fully saturated rings. The van der Waals surface area contributed by atoms with E-state index in [9.17, 15) is 5.21 Å². The van der Waals surface area contributed by atoms with E-state index in [1.54, 1.807) is 13.3 Å². The predicted molar refractivity (Wildman–Crippen MR) is 81.1 cm³/mol. The molecule has 0 saturated carbocycles. The second kappa shape index (κ2) is 5.87. The lowest BCUT2D eigenvalue weighted by Gasteiger charge is -2.19. The lowest BCUT2D eigenvalue weighted by Crippen LogP contribution is -2.18. The topological polar surface area (TPSA) is 44.5 Å². The normalized spacial score (nSPS) is 13.3. The van der Waals surface area contributed by atoms with Crippen LogP contribution in [-0.2, 0) is 13.0 Å². The molecule has 0 unspecified atom stereocenters. The van der Waals surface area contributed by atoms with Crippen LogP contribution < -0.4 is 9.47 Å². The van der Waals surface area contributed by atoms with Crippen LogP contribution in [0.3, 0.4) is 0 Å². The Bertz CT molecular complexity index is 665. The summed E-state index contributed by atoms with van der Waals surface area (Å²) in [7, 11) is 1.63. The lowest BCUT2D eigenvalue weighted by molar-refractivity contribution is -0.453. The Morgan fingerprint density at radius 3 is 2.71 bits per heavy atom. The maximum absolute atomic E-state index is 11.5. The zero-order valence-corrected chi connectivity index (χ0v) is 11.9. The summed E-state index contributed by atoms with van der Waals surface area (Å²) in [6.07, 6.45) is 2.27. The minimum Gasteiger partial charge on any atom is -0.624 e. The summed E-state index contributed by atoms with van der Waals surface area (Å²) in [6, 6.07) is 13.7. The smallest absolute Gasteiger partial charge is 0.182 e. The molecule has 1 heterocycles. The summed E-state index contributed by atoms with van der Waals surface area (Å²) in [4.78, 5) is 0. The number of benzene rings is 2. The zero-order valence-electron chi connectivity index (χ0n) is 11.9. The molecule has 108 valence electrons. The Hall–Kier alpha value is -2.49. The monoisotopic (exact) mass is 283 g/mol. The molecule has 0 N–H and O–H groups in total. The molecule has 4 heteroatoms. The Labute approximate surface area is 123 Å². The summed E-state index contributed by atoms with van der Waals surface area (Å²) in [5, 5.41) is 11.5. The van der Waals surface area contributed by atoms with Gasteiger partial charge in [-0.1, -0.05) is 30.3 Å². The van der Waals surface area contributed by atoms with E-state index in [0.29, 0.717) is 25.3 Å². The van der Waals surface area contributed by atoms with Gasteiger partial charge in [-0.25, -0.2) is 4.74 Å². The summed E-state index contributed by atoms with van der Waals surface area (Å²) < 4.78 is 12.3. The molecule has 4 nitrogen and oxygen atoms in total. The fraction of sp³-hybridized carbons (Fsp3) is 0.235. The summed E-state index contributed by atoms with van der Waals surface area (Å²) in [5.41, 5.74) is 3.04. The van der Waals surface area contributed by atoms with Crippen molar-refractivity contribution >= 4 is 6.21 Å². The Morgan fingerprint density at radius 1 is 1.14 bits per heavy atom. The van der Waals surface area contributed by atoms with E-state index in [-0.39, 0.29) is 0 Å². The first-order valence-corrected chi connectivity index (χ1v) is 6.93.